The van der Waals surface area contributed by atoms with Gasteiger partial charge in [0.1, 0.15) is 5.92 Å². The van der Waals surface area contributed by atoms with Crippen molar-refractivity contribution in [1.29, 1.82) is 0 Å². The second-order valence-electron chi connectivity index (χ2n) is 4.14. The van der Waals surface area contributed by atoms with Gasteiger partial charge in [0.15, 0.2) is 5.84 Å². The maximum Gasteiger partial charge on any atom is 0.235 e. The molecule has 1 amide bonds. The van der Waals surface area contributed by atoms with Crippen molar-refractivity contribution in [3.8, 4) is 0 Å². The molecule has 1 heterocycles. The number of rotatable bonds is 4. The van der Waals surface area contributed by atoms with Gasteiger partial charge in [0, 0.05) is 13.2 Å². The van der Waals surface area contributed by atoms with E-state index in [1.54, 1.807) is 17.9 Å². The molecule has 1 rings (SSSR count). The lowest BCUT2D eigenvalue weighted by atomic mass is 9.94. The monoisotopic (exact) mass is 239 g/mol. The Kier molecular flexibility index (Phi) is 4.08. The van der Waals surface area contributed by atoms with E-state index in [1.807, 2.05) is 13.8 Å². The SMILES string of the molecule is CC(C)C(C(=O)Nc1cnn(C)c1)/C(N)=N/O. The van der Waals surface area contributed by atoms with Crippen molar-refractivity contribution >= 4 is 17.4 Å². The first-order valence-electron chi connectivity index (χ1n) is 5.22. The Morgan fingerprint density at radius 1 is 1.65 bits per heavy atom. The highest BCUT2D eigenvalue weighted by molar-refractivity contribution is 6.07. The van der Waals surface area contributed by atoms with Crippen LogP contribution in [0, 0.1) is 11.8 Å². The van der Waals surface area contributed by atoms with Crippen LogP contribution in [0.25, 0.3) is 0 Å². The van der Waals surface area contributed by atoms with Crippen LogP contribution < -0.4 is 11.1 Å². The van der Waals surface area contributed by atoms with E-state index in [1.165, 1.54) is 6.20 Å². The third-order valence-electron chi connectivity index (χ3n) is 2.36. The van der Waals surface area contributed by atoms with Crippen LogP contribution in [0.2, 0.25) is 0 Å². The smallest absolute Gasteiger partial charge is 0.235 e. The first-order chi connectivity index (χ1) is 7.95. The van der Waals surface area contributed by atoms with Gasteiger partial charge in [-0.1, -0.05) is 19.0 Å². The zero-order chi connectivity index (χ0) is 13.0. The lowest BCUT2D eigenvalue weighted by Crippen LogP contribution is -2.38. The summed E-state index contributed by atoms with van der Waals surface area (Å²) in [6, 6.07) is 0. The van der Waals surface area contributed by atoms with Crippen molar-refractivity contribution in [3.63, 3.8) is 0 Å². The van der Waals surface area contributed by atoms with E-state index in [-0.39, 0.29) is 17.7 Å². The van der Waals surface area contributed by atoms with Crippen molar-refractivity contribution < 1.29 is 10.0 Å². The van der Waals surface area contributed by atoms with Gasteiger partial charge in [-0.3, -0.25) is 9.48 Å². The molecule has 7 heteroatoms. The number of nitrogens with two attached hydrogens (primary N) is 1. The minimum absolute atomic E-state index is 0.0671. The summed E-state index contributed by atoms with van der Waals surface area (Å²) in [4.78, 5) is 11.9. The molecule has 0 spiro atoms. The van der Waals surface area contributed by atoms with Gasteiger partial charge in [-0.15, -0.1) is 0 Å². The molecule has 0 saturated heterocycles. The summed E-state index contributed by atoms with van der Waals surface area (Å²) in [6.07, 6.45) is 3.20. The number of anilines is 1. The fraction of sp³-hybridized carbons (Fsp3) is 0.500. The number of aromatic nitrogens is 2. The number of carbonyl (C=O) groups is 1. The molecule has 0 saturated carbocycles. The van der Waals surface area contributed by atoms with Gasteiger partial charge in [0.05, 0.1) is 11.9 Å². The summed E-state index contributed by atoms with van der Waals surface area (Å²) in [5.74, 6) is -1.15. The molecule has 0 aliphatic carbocycles. The van der Waals surface area contributed by atoms with Crippen molar-refractivity contribution in [2.24, 2.45) is 29.8 Å². The fourth-order valence-electron chi connectivity index (χ4n) is 1.55. The Morgan fingerprint density at radius 3 is 2.71 bits per heavy atom. The van der Waals surface area contributed by atoms with Gasteiger partial charge in [0.25, 0.3) is 0 Å². The number of hydrogen-bond donors (Lipinski definition) is 3. The summed E-state index contributed by atoms with van der Waals surface area (Å²) < 4.78 is 1.57. The van der Waals surface area contributed by atoms with Crippen LogP contribution in [-0.2, 0) is 11.8 Å². The molecule has 1 atom stereocenters. The predicted molar refractivity (Wildman–Crippen MR) is 63.6 cm³/mol. The average molecular weight is 239 g/mol. The summed E-state index contributed by atoms with van der Waals surface area (Å²) in [7, 11) is 1.75. The van der Waals surface area contributed by atoms with E-state index >= 15 is 0 Å². The number of oxime groups is 1. The van der Waals surface area contributed by atoms with E-state index in [9.17, 15) is 4.79 Å². The molecule has 0 bridgehead atoms. The van der Waals surface area contributed by atoms with Crippen LogP contribution >= 0.6 is 0 Å². The van der Waals surface area contributed by atoms with Crippen LogP contribution in [0.1, 0.15) is 13.8 Å². The zero-order valence-electron chi connectivity index (χ0n) is 10.1. The second-order valence-corrected chi connectivity index (χ2v) is 4.14. The summed E-state index contributed by atoms with van der Waals surface area (Å²) in [5.41, 5.74) is 6.07. The lowest BCUT2D eigenvalue weighted by molar-refractivity contribution is -0.119. The average Bonchev–Trinajstić information content (AvgIpc) is 2.63. The standard InChI is InChI=1S/C10H17N5O2/c1-6(2)8(9(11)14-17)10(16)13-7-4-12-15(3)5-7/h4-6,8,17H,1-3H3,(H2,11,14)(H,13,16). The minimum Gasteiger partial charge on any atom is -0.409 e. The number of carbonyl (C=O) groups excluding carboxylic acids is 1. The molecule has 17 heavy (non-hydrogen) atoms. The second kappa shape index (κ2) is 5.33. The van der Waals surface area contributed by atoms with E-state index in [0.717, 1.165) is 0 Å². The van der Waals surface area contributed by atoms with Gasteiger partial charge in [-0.25, -0.2) is 0 Å². The maximum atomic E-state index is 11.9. The Morgan fingerprint density at radius 2 is 2.29 bits per heavy atom. The molecule has 0 fully saturated rings. The van der Waals surface area contributed by atoms with Crippen molar-refractivity contribution in [1.82, 2.24) is 9.78 Å². The fourth-order valence-corrected chi connectivity index (χ4v) is 1.55. The van der Waals surface area contributed by atoms with Crippen LogP contribution in [-0.4, -0.2) is 26.7 Å². The summed E-state index contributed by atoms with van der Waals surface area (Å²) in [5, 5.41) is 18.1. The topological polar surface area (TPSA) is 106 Å². The maximum absolute atomic E-state index is 11.9. The van der Waals surface area contributed by atoms with Crippen molar-refractivity contribution in [2.75, 3.05) is 5.32 Å². The number of aryl methyl sites for hydroxylation is 1. The number of amidine groups is 1. The zero-order valence-corrected chi connectivity index (χ0v) is 10.1. The van der Waals surface area contributed by atoms with Gasteiger partial charge < -0.3 is 16.3 Å². The van der Waals surface area contributed by atoms with Gasteiger partial charge in [-0.05, 0) is 5.92 Å². The molecule has 1 aromatic heterocycles. The third-order valence-corrected chi connectivity index (χ3v) is 2.36. The van der Waals surface area contributed by atoms with E-state index in [2.05, 4.69) is 15.6 Å². The highest BCUT2D eigenvalue weighted by Gasteiger charge is 2.26. The molecule has 0 aliphatic heterocycles. The molecular weight excluding hydrogens is 222 g/mol. The molecule has 0 aliphatic rings. The molecule has 1 unspecified atom stereocenters. The van der Waals surface area contributed by atoms with Gasteiger partial charge >= 0.3 is 0 Å². The Labute approximate surface area is 99.3 Å². The van der Waals surface area contributed by atoms with Crippen molar-refractivity contribution in [2.45, 2.75) is 13.8 Å². The molecule has 94 valence electrons. The van der Waals surface area contributed by atoms with Crippen LogP contribution in [0.4, 0.5) is 5.69 Å². The molecule has 1 aromatic rings. The first-order valence-corrected chi connectivity index (χ1v) is 5.22. The van der Waals surface area contributed by atoms with Gasteiger partial charge in [0.2, 0.25) is 5.91 Å². The number of nitrogens with zero attached hydrogens (tertiary/aromatic N) is 3. The highest BCUT2D eigenvalue weighted by Crippen LogP contribution is 2.14. The molecule has 4 N–H and O–H groups in total. The first kappa shape index (κ1) is 13.0. The van der Waals surface area contributed by atoms with Crippen molar-refractivity contribution in [3.05, 3.63) is 12.4 Å². The summed E-state index contributed by atoms with van der Waals surface area (Å²) >= 11 is 0. The Hall–Kier alpha value is -2.05. The van der Waals surface area contributed by atoms with Crippen LogP contribution in [0.15, 0.2) is 17.5 Å². The van der Waals surface area contributed by atoms with Crippen LogP contribution in [0.3, 0.4) is 0 Å². The lowest BCUT2D eigenvalue weighted by Gasteiger charge is -2.17. The Balaban J connectivity index is 2.79. The molecule has 0 radical (unpaired) electrons. The molecular formula is C10H17N5O2. The van der Waals surface area contributed by atoms with E-state index in [0.29, 0.717) is 5.69 Å². The summed E-state index contributed by atoms with van der Waals surface area (Å²) in [6.45, 7) is 3.65. The number of hydrogen-bond acceptors (Lipinski definition) is 4. The van der Waals surface area contributed by atoms with E-state index in [4.69, 9.17) is 10.9 Å². The minimum atomic E-state index is -0.666. The molecule has 0 aromatic carbocycles. The van der Waals surface area contributed by atoms with Gasteiger partial charge in [-0.2, -0.15) is 5.10 Å². The number of amides is 1. The van der Waals surface area contributed by atoms with E-state index < -0.39 is 5.92 Å². The molecule has 7 nitrogen and oxygen atoms in total. The number of nitrogens with one attached hydrogen (secondary N) is 1. The van der Waals surface area contributed by atoms with Crippen LogP contribution in [0.5, 0.6) is 0 Å². The highest BCUT2D eigenvalue weighted by atomic mass is 16.4. The predicted octanol–water partition coefficient (Wildman–Crippen LogP) is 0.377. The third kappa shape index (κ3) is 3.20. The quantitative estimate of drug-likeness (QED) is 0.305. The largest absolute Gasteiger partial charge is 0.409 e. The normalized spacial score (nSPS) is 13.8. The Bertz CT molecular complexity index is 424.